The second-order valence-corrected chi connectivity index (χ2v) is 8.88. The van der Waals surface area contributed by atoms with Crippen LogP contribution in [0, 0.1) is 0 Å². The van der Waals surface area contributed by atoms with E-state index in [1.54, 1.807) is 7.11 Å². The molecule has 28 heavy (non-hydrogen) atoms. The normalized spacial score (nSPS) is 12.6. The molecular formula is C25H42O3. The molecule has 0 N–H and O–H groups in total. The van der Waals surface area contributed by atoms with Gasteiger partial charge in [0.1, 0.15) is 11.5 Å². The van der Waals surface area contributed by atoms with Crippen LogP contribution in [0.5, 0.6) is 11.5 Å². The van der Waals surface area contributed by atoms with Gasteiger partial charge >= 0.3 is 0 Å². The minimum Gasteiger partial charge on any atom is -0.496 e. The fraction of sp³-hybridized carbons (Fsp3) is 0.720. The summed E-state index contributed by atoms with van der Waals surface area (Å²) in [6, 6.07) is 5.83. The van der Waals surface area contributed by atoms with E-state index in [4.69, 9.17) is 9.47 Å². The number of aldehydes is 1. The lowest BCUT2D eigenvalue weighted by atomic mass is 9.86. The van der Waals surface area contributed by atoms with Crippen LogP contribution in [-0.2, 0) is 10.2 Å². The smallest absolute Gasteiger partial charge is 0.160 e. The molecule has 0 heterocycles. The maximum atomic E-state index is 11.5. The molecule has 3 heteroatoms. The molecule has 0 aliphatic rings. The van der Waals surface area contributed by atoms with Crippen molar-refractivity contribution < 1.29 is 14.3 Å². The van der Waals surface area contributed by atoms with E-state index in [-0.39, 0.29) is 11.5 Å². The van der Waals surface area contributed by atoms with Gasteiger partial charge in [0.2, 0.25) is 0 Å². The second kappa shape index (κ2) is 13.6. The van der Waals surface area contributed by atoms with Gasteiger partial charge in [0.15, 0.2) is 12.4 Å². The summed E-state index contributed by atoms with van der Waals surface area (Å²) in [6.07, 6.45) is 14.3. The highest BCUT2D eigenvalue weighted by atomic mass is 16.5. The minimum absolute atomic E-state index is 0.0437. The molecule has 0 amide bonds. The number of hydrogen-bond donors (Lipinski definition) is 0. The third-order valence-electron chi connectivity index (χ3n) is 5.26. The Hall–Kier alpha value is -1.51. The van der Waals surface area contributed by atoms with Crippen LogP contribution in [0.1, 0.15) is 104 Å². The molecule has 0 spiro atoms. The summed E-state index contributed by atoms with van der Waals surface area (Å²) in [5.74, 6) is 1.60. The van der Waals surface area contributed by atoms with Gasteiger partial charge in [-0.1, -0.05) is 85.5 Å². The molecule has 160 valence electrons. The molecule has 0 bridgehead atoms. The maximum Gasteiger partial charge on any atom is 0.160 e. The average molecular weight is 391 g/mol. The Labute approximate surface area is 173 Å². The molecule has 1 atom stereocenters. The van der Waals surface area contributed by atoms with E-state index >= 15 is 0 Å². The highest BCUT2D eigenvalue weighted by Crippen LogP contribution is 2.34. The van der Waals surface area contributed by atoms with Gasteiger partial charge < -0.3 is 9.47 Å². The summed E-state index contributed by atoms with van der Waals surface area (Å²) in [4.78, 5) is 11.5. The van der Waals surface area contributed by atoms with Crippen molar-refractivity contribution in [1.82, 2.24) is 0 Å². The first-order chi connectivity index (χ1) is 13.4. The van der Waals surface area contributed by atoms with Crippen molar-refractivity contribution >= 4 is 6.29 Å². The first kappa shape index (κ1) is 24.5. The molecule has 0 aliphatic heterocycles. The Balaban J connectivity index is 2.34. The number of benzene rings is 1. The third-order valence-corrected chi connectivity index (χ3v) is 5.26. The molecule has 0 aromatic heterocycles. The third kappa shape index (κ3) is 9.61. The lowest BCUT2D eigenvalue weighted by Crippen LogP contribution is -2.19. The van der Waals surface area contributed by atoms with Crippen LogP contribution in [0.4, 0.5) is 0 Å². The van der Waals surface area contributed by atoms with Gasteiger partial charge in [0.05, 0.1) is 7.11 Å². The zero-order valence-corrected chi connectivity index (χ0v) is 18.9. The Morgan fingerprint density at radius 3 is 2.00 bits per heavy atom. The summed E-state index contributed by atoms with van der Waals surface area (Å²) in [5.41, 5.74) is 1.05. The van der Waals surface area contributed by atoms with Gasteiger partial charge in [-0.3, -0.25) is 4.79 Å². The van der Waals surface area contributed by atoms with Crippen molar-refractivity contribution in [2.24, 2.45) is 0 Å². The van der Waals surface area contributed by atoms with Crippen LogP contribution in [0.3, 0.4) is 0 Å². The molecular weight excluding hydrogens is 348 g/mol. The van der Waals surface area contributed by atoms with Crippen LogP contribution < -0.4 is 9.47 Å². The Morgan fingerprint density at radius 2 is 1.50 bits per heavy atom. The van der Waals surface area contributed by atoms with E-state index in [0.29, 0.717) is 0 Å². The van der Waals surface area contributed by atoms with Gasteiger partial charge in [0.25, 0.3) is 0 Å². The number of methoxy groups -OCH3 is 1. The molecule has 0 saturated heterocycles. The SMILES string of the molecule is CCCCCCCCCCCCC(C=O)Oc1ccc(OC)c(C(C)(C)C)c1. The van der Waals surface area contributed by atoms with E-state index in [1.807, 2.05) is 18.2 Å². The lowest BCUT2D eigenvalue weighted by Gasteiger charge is -2.23. The fourth-order valence-corrected chi connectivity index (χ4v) is 3.51. The molecule has 1 rings (SSSR count). The van der Waals surface area contributed by atoms with Crippen molar-refractivity contribution in [2.75, 3.05) is 7.11 Å². The van der Waals surface area contributed by atoms with Crippen molar-refractivity contribution in [3.63, 3.8) is 0 Å². The number of unbranched alkanes of at least 4 members (excludes halogenated alkanes) is 9. The number of carbonyl (C=O) groups excluding carboxylic acids is 1. The number of hydrogen-bond acceptors (Lipinski definition) is 3. The Morgan fingerprint density at radius 1 is 0.929 bits per heavy atom. The second-order valence-electron chi connectivity index (χ2n) is 8.88. The minimum atomic E-state index is -0.366. The summed E-state index contributed by atoms with van der Waals surface area (Å²) in [7, 11) is 1.69. The number of carbonyl (C=O) groups is 1. The van der Waals surface area contributed by atoms with Crippen molar-refractivity contribution in [1.29, 1.82) is 0 Å². The maximum absolute atomic E-state index is 11.5. The molecule has 0 aliphatic carbocycles. The van der Waals surface area contributed by atoms with E-state index in [0.717, 1.165) is 36.2 Å². The van der Waals surface area contributed by atoms with Crippen LogP contribution in [0.15, 0.2) is 18.2 Å². The highest BCUT2D eigenvalue weighted by Gasteiger charge is 2.20. The number of rotatable bonds is 15. The van der Waals surface area contributed by atoms with Gasteiger partial charge in [-0.2, -0.15) is 0 Å². The molecule has 0 fully saturated rings. The molecule has 1 aromatic rings. The summed E-state index contributed by atoms with van der Waals surface area (Å²) >= 11 is 0. The number of ether oxygens (including phenoxy) is 2. The zero-order valence-electron chi connectivity index (χ0n) is 18.9. The van der Waals surface area contributed by atoms with Crippen LogP contribution >= 0.6 is 0 Å². The van der Waals surface area contributed by atoms with E-state index < -0.39 is 0 Å². The molecule has 0 saturated carbocycles. The van der Waals surface area contributed by atoms with Crippen molar-refractivity contribution in [3.05, 3.63) is 23.8 Å². The largest absolute Gasteiger partial charge is 0.496 e. The molecule has 0 radical (unpaired) electrons. The first-order valence-corrected chi connectivity index (χ1v) is 11.2. The van der Waals surface area contributed by atoms with Crippen LogP contribution in [0.2, 0.25) is 0 Å². The predicted octanol–water partition coefficient (Wildman–Crippen LogP) is 7.25. The zero-order chi connectivity index (χ0) is 20.8. The first-order valence-electron chi connectivity index (χ1n) is 11.2. The van der Waals surface area contributed by atoms with Crippen LogP contribution in [-0.4, -0.2) is 19.5 Å². The average Bonchev–Trinajstić information content (AvgIpc) is 2.67. The molecule has 3 nitrogen and oxygen atoms in total. The predicted molar refractivity (Wildman–Crippen MR) is 119 cm³/mol. The summed E-state index contributed by atoms with van der Waals surface area (Å²) in [5, 5.41) is 0. The topological polar surface area (TPSA) is 35.5 Å². The standard InChI is InChI=1S/C25H42O3/c1-6-7-8-9-10-11-12-13-14-15-16-22(20-26)28-21-17-18-24(27-5)23(19-21)25(2,3)4/h17-20,22H,6-16H2,1-5H3. The molecule has 1 unspecified atom stereocenters. The van der Waals surface area contributed by atoms with E-state index in [2.05, 4.69) is 27.7 Å². The van der Waals surface area contributed by atoms with Gasteiger partial charge in [0, 0.05) is 5.56 Å². The highest BCUT2D eigenvalue weighted by molar-refractivity contribution is 5.57. The van der Waals surface area contributed by atoms with Crippen molar-refractivity contribution in [2.45, 2.75) is 110 Å². The summed E-state index contributed by atoms with van der Waals surface area (Å²) in [6.45, 7) is 8.70. The summed E-state index contributed by atoms with van der Waals surface area (Å²) < 4.78 is 11.4. The quantitative estimate of drug-likeness (QED) is 0.234. The van der Waals surface area contributed by atoms with Gasteiger partial charge in [-0.05, 0) is 36.5 Å². The molecule has 1 aromatic carbocycles. The monoisotopic (exact) mass is 390 g/mol. The van der Waals surface area contributed by atoms with Crippen LogP contribution in [0.25, 0.3) is 0 Å². The Bertz CT molecular complexity index is 545. The Kier molecular flexibility index (Phi) is 11.9. The van der Waals surface area contributed by atoms with E-state index in [1.165, 1.54) is 57.8 Å². The van der Waals surface area contributed by atoms with Gasteiger partial charge in [-0.25, -0.2) is 0 Å². The van der Waals surface area contributed by atoms with E-state index in [9.17, 15) is 4.79 Å². The lowest BCUT2D eigenvalue weighted by molar-refractivity contribution is -0.114. The fourth-order valence-electron chi connectivity index (χ4n) is 3.51. The van der Waals surface area contributed by atoms with Crippen molar-refractivity contribution in [3.8, 4) is 11.5 Å². The van der Waals surface area contributed by atoms with Gasteiger partial charge in [-0.15, -0.1) is 0 Å².